The zero-order chi connectivity index (χ0) is 13.6. The molecule has 0 aromatic heterocycles. The summed E-state index contributed by atoms with van der Waals surface area (Å²) >= 11 is 5.72. The van der Waals surface area contributed by atoms with Crippen LogP contribution in [0.15, 0.2) is 24.3 Å². The third kappa shape index (κ3) is 5.60. The van der Waals surface area contributed by atoms with E-state index in [1.54, 1.807) is 12.1 Å². The number of halogens is 4. The highest BCUT2D eigenvalue weighted by atomic mass is 35.5. The quantitative estimate of drug-likeness (QED) is 0.803. The van der Waals surface area contributed by atoms with E-state index in [2.05, 4.69) is 10.1 Å². The molecule has 0 fully saturated rings. The van der Waals surface area contributed by atoms with Gasteiger partial charge >= 0.3 is 6.36 Å². The highest BCUT2D eigenvalue weighted by Crippen LogP contribution is 2.22. The molecule has 1 atom stereocenters. The van der Waals surface area contributed by atoms with Gasteiger partial charge in [0.2, 0.25) is 0 Å². The minimum Gasteiger partial charge on any atom is -0.406 e. The van der Waals surface area contributed by atoms with Crippen molar-refractivity contribution >= 4 is 11.6 Å². The molecular weight excluding hydrogens is 267 g/mol. The van der Waals surface area contributed by atoms with Crippen LogP contribution in [0, 0.1) is 0 Å². The van der Waals surface area contributed by atoms with E-state index in [1.807, 2.05) is 6.92 Å². The molecule has 0 saturated carbocycles. The molecule has 0 amide bonds. The Morgan fingerprint density at radius 2 is 1.89 bits per heavy atom. The molecule has 0 spiro atoms. The third-order valence-electron chi connectivity index (χ3n) is 2.43. The number of ether oxygens (including phenoxy) is 1. The molecule has 0 aliphatic heterocycles. The third-order valence-corrected chi connectivity index (χ3v) is 2.80. The highest BCUT2D eigenvalue weighted by molar-refractivity contribution is 6.18. The Hall–Kier alpha value is -0.940. The number of rotatable bonds is 6. The summed E-state index contributed by atoms with van der Waals surface area (Å²) in [6.07, 6.45) is -3.75. The van der Waals surface area contributed by atoms with Crippen molar-refractivity contribution in [1.82, 2.24) is 5.32 Å². The van der Waals surface area contributed by atoms with Gasteiger partial charge in [0.05, 0.1) is 0 Å². The molecule has 1 rings (SSSR count). The molecule has 1 aromatic rings. The van der Waals surface area contributed by atoms with Crippen molar-refractivity contribution < 1.29 is 17.9 Å². The van der Waals surface area contributed by atoms with Crippen LogP contribution < -0.4 is 10.1 Å². The summed E-state index contributed by atoms with van der Waals surface area (Å²) in [6.45, 7) is 2.58. The van der Waals surface area contributed by atoms with Crippen molar-refractivity contribution in [3.8, 4) is 5.75 Å². The molecular formula is C12H15ClF3NO. The summed E-state index contributed by atoms with van der Waals surface area (Å²) in [5.41, 5.74) is 0.882. The number of hydrogen-bond donors (Lipinski definition) is 1. The molecule has 1 unspecified atom stereocenters. The zero-order valence-corrected chi connectivity index (χ0v) is 10.7. The Labute approximate surface area is 109 Å². The van der Waals surface area contributed by atoms with E-state index in [-0.39, 0.29) is 11.8 Å². The van der Waals surface area contributed by atoms with E-state index in [1.165, 1.54) is 12.1 Å². The molecule has 0 aliphatic carbocycles. The Morgan fingerprint density at radius 3 is 2.33 bits per heavy atom. The summed E-state index contributed by atoms with van der Waals surface area (Å²) in [5.74, 6) is 0.293. The molecule has 0 saturated heterocycles. The van der Waals surface area contributed by atoms with Crippen LogP contribution in [0.3, 0.4) is 0 Å². The highest BCUT2D eigenvalue weighted by Gasteiger charge is 2.30. The number of nitrogens with one attached hydrogen (secondary N) is 1. The van der Waals surface area contributed by atoms with Crippen LogP contribution >= 0.6 is 11.6 Å². The molecule has 102 valence electrons. The summed E-state index contributed by atoms with van der Waals surface area (Å²) in [7, 11) is 0. The fourth-order valence-electron chi connectivity index (χ4n) is 1.38. The predicted octanol–water partition coefficient (Wildman–Crippen LogP) is 3.69. The van der Waals surface area contributed by atoms with Gasteiger partial charge in [-0.2, -0.15) is 0 Å². The number of alkyl halides is 4. The van der Waals surface area contributed by atoms with Crippen LogP contribution in [-0.2, 0) is 6.54 Å². The molecule has 0 aliphatic rings. The first-order valence-corrected chi connectivity index (χ1v) is 6.12. The van der Waals surface area contributed by atoms with Crippen molar-refractivity contribution in [1.29, 1.82) is 0 Å². The van der Waals surface area contributed by atoms with Crippen molar-refractivity contribution in [3.05, 3.63) is 29.8 Å². The van der Waals surface area contributed by atoms with Gasteiger partial charge in [-0.3, -0.25) is 0 Å². The van der Waals surface area contributed by atoms with Crippen molar-refractivity contribution in [2.24, 2.45) is 0 Å². The smallest absolute Gasteiger partial charge is 0.406 e. The lowest BCUT2D eigenvalue weighted by Crippen LogP contribution is -2.29. The molecule has 0 radical (unpaired) electrons. The van der Waals surface area contributed by atoms with Gasteiger partial charge in [0, 0.05) is 18.5 Å². The maximum absolute atomic E-state index is 11.9. The van der Waals surface area contributed by atoms with Crippen LogP contribution in [0.1, 0.15) is 18.9 Å². The average Bonchev–Trinajstić information content (AvgIpc) is 2.30. The number of hydrogen-bond acceptors (Lipinski definition) is 2. The molecule has 1 N–H and O–H groups in total. The maximum atomic E-state index is 11.9. The fraction of sp³-hybridized carbons (Fsp3) is 0.500. The van der Waals surface area contributed by atoms with Crippen molar-refractivity contribution in [2.75, 3.05) is 5.88 Å². The monoisotopic (exact) mass is 281 g/mol. The topological polar surface area (TPSA) is 21.3 Å². The summed E-state index contributed by atoms with van der Waals surface area (Å²) < 4.78 is 39.6. The molecule has 0 heterocycles. The van der Waals surface area contributed by atoms with Crippen LogP contribution in [0.2, 0.25) is 0 Å². The molecule has 6 heteroatoms. The van der Waals surface area contributed by atoms with Gasteiger partial charge in [0.1, 0.15) is 5.75 Å². The average molecular weight is 282 g/mol. The van der Waals surface area contributed by atoms with Gasteiger partial charge in [0.25, 0.3) is 0 Å². The second kappa shape index (κ2) is 6.85. The Kier molecular flexibility index (Phi) is 5.75. The molecule has 2 nitrogen and oxygen atoms in total. The second-order valence-corrected chi connectivity index (χ2v) is 4.14. The minimum absolute atomic E-state index is 0.206. The van der Waals surface area contributed by atoms with Crippen LogP contribution in [0.5, 0.6) is 5.75 Å². The van der Waals surface area contributed by atoms with Gasteiger partial charge in [-0.15, -0.1) is 24.8 Å². The summed E-state index contributed by atoms with van der Waals surface area (Å²) in [5, 5.41) is 3.21. The van der Waals surface area contributed by atoms with E-state index in [0.29, 0.717) is 12.4 Å². The summed E-state index contributed by atoms with van der Waals surface area (Å²) in [4.78, 5) is 0. The maximum Gasteiger partial charge on any atom is 0.573 e. The number of benzene rings is 1. The predicted molar refractivity (Wildman–Crippen MR) is 64.8 cm³/mol. The minimum atomic E-state index is -4.65. The van der Waals surface area contributed by atoms with E-state index in [0.717, 1.165) is 12.0 Å². The van der Waals surface area contributed by atoms with Gasteiger partial charge in [-0.05, 0) is 24.1 Å². The molecule has 1 aromatic carbocycles. The van der Waals surface area contributed by atoms with Gasteiger partial charge < -0.3 is 10.1 Å². The van der Waals surface area contributed by atoms with E-state index < -0.39 is 6.36 Å². The standard InChI is InChI=1S/C12H15ClF3NO/c1-2-10(7-13)17-8-9-3-5-11(6-4-9)18-12(14,15)16/h3-6,10,17H,2,7-8H2,1H3. The Balaban J connectivity index is 2.50. The van der Waals surface area contributed by atoms with E-state index >= 15 is 0 Å². The Bertz CT molecular complexity index is 349. The van der Waals surface area contributed by atoms with E-state index in [9.17, 15) is 13.2 Å². The lowest BCUT2D eigenvalue weighted by Gasteiger charge is -2.14. The zero-order valence-electron chi connectivity index (χ0n) is 9.93. The first-order chi connectivity index (χ1) is 8.44. The van der Waals surface area contributed by atoms with Crippen molar-refractivity contribution in [2.45, 2.75) is 32.3 Å². The van der Waals surface area contributed by atoms with Crippen LogP contribution in [-0.4, -0.2) is 18.3 Å². The first-order valence-electron chi connectivity index (χ1n) is 5.58. The van der Waals surface area contributed by atoms with Gasteiger partial charge in [0.15, 0.2) is 0 Å². The Morgan fingerprint density at radius 1 is 1.28 bits per heavy atom. The second-order valence-electron chi connectivity index (χ2n) is 3.83. The SMILES string of the molecule is CCC(CCl)NCc1ccc(OC(F)(F)F)cc1. The lowest BCUT2D eigenvalue weighted by molar-refractivity contribution is -0.274. The van der Waals surface area contributed by atoms with E-state index in [4.69, 9.17) is 11.6 Å². The van der Waals surface area contributed by atoms with Gasteiger partial charge in [-0.25, -0.2) is 0 Å². The van der Waals surface area contributed by atoms with Crippen molar-refractivity contribution in [3.63, 3.8) is 0 Å². The fourth-order valence-corrected chi connectivity index (χ4v) is 1.71. The first kappa shape index (κ1) is 15.1. The van der Waals surface area contributed by atoms with Crippen LogP contribution in [0.25, 0.3) is 0 Å². The van der Waals surface area contributed by atoms with Gasteiger partial charge in [-0.1, -0.05) is 19.1 Å². The van der Waals surface area contributed by atoms with Crippen LogP contribution in [0.4, 0.5) is 13.2 Å². The molecule has 18 heavy (non-hydrogen) atoms. The normalized spacial score (nSPS) is 13.4. The lowest BCUT2D eigenvalue weighted by atomic mass is 10.2. The largest absolute Gasteiger partial charge is 0.573 e. The molecule has 0 bridgehead atoms. The summed E-state index contributed by atoms with van der Waals surface area (Å²) in [6, 6.07) is 5.99.